The lowest BCUT2D eigenvalue weighted by atomic mass is 10.3. The van der Waals surface area contributed by atoms with Crippen molar-refractivity contribution < 1.29 is 0 Å². The number of tetrazole rings is 2. The minimum atomic E-state index is 0.547. The molecule has 9 heteroatoms. The van der Waals surface area contributed by atoms with Gasteiger partial charge in [-0.1, -0.05) is 6.07 Å². The van der Waals surface area contributed by atoms with Crippen molar-refractivity contribution in [2.45, 2.75) is 25.9 Å². The van der Waals surface area contributed by atoms with Crippen LogP contribution in [0.5, 0.6) is 0 Å². The molecule has 0 radical (unpaired) electrons. The van der Waals surface area contributed by atoms with Crippen LogP contribution in [0.3, 0.4) is 0 Å². The van der Waals surface area contributed by atoms with Crippen molar-refractivity contribution in [2.24, 2.45) is 0 Å². The Labute approximate surface area is 114 Å². The van der Waals surface area contributed by atoms with Crippen molar-refractivity contribution >= 4 is 0 Å². The molecule has 3 heterocycles. The van der Waals surface area contributed by atoms with Crippen LogP contribution < -0.4 is 0 Å². The highest BCUT2D eigenvalue weighted by Gasteiger charge is 2.06. The minimum absolute atomic E-state index is 0.547. The first-order chi connectivity index (χ1) is 9.92. The number of nitrogens with zero attached hydrogens (tertiary/aromatic N) is 9. The molecule has 9 nitrogen and oxygen atoms in total. The molecule has 0 spiro atoms. The Balaban J connectivity index is 1.50. The van der Waals surface area contributed by atoms with Gasteiger partial charge in [0.2, 0.25) is 5.82 Å². The number of aromatic nitrogens is 9. The van der Waals surface area contributed by atoms with E-state index in [0.717, 1.165) is 25.1 Å². The number of hydrogen-bond acceptors (Lipinski definition) is 7. The lowest BCUT2D eigenvalue weighted by Crippen LogP contribution is -2.05. The van der Waals surface area contributed by atoms with Crippen LogP contribution in [0.2, 0.25) is 0 Å². The molecule has 0 saturated carbocycles. The van der Waals surface area contributed by atoms with Gasteiger partial charge >= 0.3 is 0 Å². The summed E-state index contributed by atoms with van der Waals surface area (Å²) in [7, 11) is 0. The summed E-state index contributed by atoms with van der Waals surface area (Å²) in [6, 6.07) is 5.61. The van der Waals surface area contributed by atoms with E-state index in [2.05, 4.69) is 35.9 Å². The molecule has 0 bridgehead atoms. The van der Waals surface area contributed by atoms with E-state index >= 15 is 0 Å². The summed E-state index contributed by atoms with van der Waals surface area (Å²) in [5, 5.41) is 23.3. The van der Waals surface area contributed by atoms with Gasteiger partial charge < -0.3 is 0 Å². The van der Waals surface area contributed by atoms with Crippen molar-refractivity contribution in [1.29, 1.82) is 0 Å². The molecule has 0 amide bonds. The summed E-state index contributed by atoms with van der Waals surface area (Å²) in [6.07, 6.45) is 5.19. The zero-order valence-corrected chi connectivity index (χ0v) is 10.7. The van der Waals surface area contributed by atoms with Crippen LogP contribution in [0.25, 0.3) is 11.5 Å². The van der Waals surface area contributed by atoms with E-state index in [0.29, 0.717) is 12.4 Å². The monoisotopic (exact) mass is 271 g/mol. The minimum Gasteiger partial charge on any atom is -0.253 e. The predicted octanol–water partition coefficient (Wildman–Crippen LogP) is 0.202. The molecular formula is C11H13N9. The fraction of sp³-hybridized carbons (Fsp3) is 0.364. The molecule has 0 aliphatic rings. The first-order valence-electron chi connectivity index (χ1n) is 6.32. The molecule has 0 N–H and O–H groups in total. The van der Waals surface area contributed by atoms with Gasteiger partial charge in [0.1, 0.15) is 12.0 Å². The van der Waals surface area contributed by atoms with Crippen LogP contribution in [-0.4, -0.2) is 45.4 Å². The normalized spacial score (nSPS) is 10.8. The van der Waals surface area contributed by atoms with Crippen LogP contribution in [0.4, 0.5) is 0 Å². The zero-order valence-electron chi connectivity index (χ0n) is 10.7. The Kier molecular flexibility index (Phi) is 3.67. The molecule has 0 aliphatic heterocycles. The Morgan fingerprint density at radius 3 is 2.80 bits per heavy atom. The van der Waals surface area contributed by atoms with E-state index in [1.807, 2.05) is 18.2 Å². The van der Waals surface area contributed by atoms with Gasteiger partial charge in [0, 0.05) is 12.7 Å². The largest absolute Gasteiger partial charge is 0.253 e. The predicted molar refractivity (Wildman–Crippen MR) is 68.1 cm³/mol. The third kappa shape index (κ3) is 2.99. The molecule has 20 heavy (non-hydrogen) atoms. The molecule has 0 fully saturated rings. The molecule has 0 aliphatic carbocycles. The molecular weight excluding hydrogens is 258 g/mol. The van der Waals surface area contributed by atoms with Crippen LogP contribution in [0.1, 0.15) is 12.8 Å². The molecule has 3 rings (SSSR count). The van der Waals surface area contributed by atoms with E-state index in [1.165, 1.54) is 0 Å². The number of unbranched alkanes of at least 4 members (excludes halogenated alkanes) is 1. The smallest absolute Gasteiger partial charge is 0.223 e. The average Bonchev–Trinajstić information content (AvgIpc) is 3.16. The van der Waals surface area contributed by atoms with Crippen molar-refractivity contribution in [3.05, 3.63) is 30.7 Å². The Morgan fingerprint density at radius 2 is 2.00 bits per heavy atom. The van der Waals surface area contributed by atoms with E-state index in [4.69, 9.17) is 0 Å². The summed E-state index contributed by atoms with van der Waals surface area (Å²) >= 11 is 0. The van der Waals surface area contributed by atoms with Crippen LogP contribution in [0, 0.1) is 0 Å². The topological polar surface area (TPSA) is 100 Å². The van der Waals surface area contributed by atoms with E-state index in [9.17, 15) is 0 Å². The van der Waals surface area contributed by atoms with Crippen LogP contribution in [0.15, 0.2) is 30.7 Å². The molecule has 0 saturated heterocycles. The lowest BCUT2D eigenvalue weighted by molar-refractivity contribution is 0.457. The van der Waals surface area contributed by atoms with Gasteiger partial charge in [0.25, 0.3) is 0 Å². The van der Waals surface area contributed by atoms with Gasteiger partial charge in [-0.3, -0.25) is 4.98 Å². The van der Waals surface area contributed by atoms with Gasteiger partial charge in [-0.15, -0.1) is 15.3 Å². The Bertz CT molecular complexity index is 631. The van der Waals surface area contributed by atoms with Crippen molar-refractivity contribution in [1.82, 2.24) is 45.4 Å². The summed E-state index contributed by atoms with van der Waals surface area (Å²) in [4.78, 5) is 5.78. The van der Waals surface area contributed by atoms with Gasteiger partial charge in [0.05, 0.1) is 6.54 Å². The highest BCUT2D eigenvalue weighted by atomic mass is 15.6. The summed E-state index contributed by atoms with van der Waals surface area (Å²) in [6.45, 7) is 1.50. The second-order valence-electron chi connectivity index (χ2n) is 4.20. The van der Waals surface area contributed by atoms with Crippen molar-refractivity contribution in [3.63, 3.8) is 0 Å². The number of pyridine rings is 1. The molecule has 3 aromatic rings. The van der Waals surface area contributed by atoms with E-state index in [-0.39, 0.29) is 0 Å². The molecule has 0 atom stereocenters. The molecule has 0 unspecified atom stereocenters. The molecule has 102 valence electrons. The van der Waals surface area contributed by atoms with Crippen LogP contribution >= 0.6 is 0 Å². The highest BCUT2D eigenvalue weighted by molar-refractivity contribution is 5.46. The number of aryl methyl sites for hydroxylation is 2. The second-order valence-corrected chi connectivity index (χ2v) is 4.20. The fourth-order valence-corrected chi connectivity index (χ4v) is 1.75. The summed E-state index contributed by atoms with van der Waals surface area (Å²) in [5.74, 6) is 0.547. The van der Waals surface area contributed by atoms with Gasteiger partial charge in [-0.2, -0.15) is 4.80 Å². The van der Waals surface area contributed by atoms with Crippen molar-refractivity contribution in [3.8, 4) is 11.5 Å². The third-order valence-corrected chi connectivity index (χ3v) is 2.73. The average molecular weight is 271 g/mol. The Morgan fingerprint density at radius 1 is 1.05 bits per heavy atom. The standard InChI is InChI=1S/C11H13N9/c1-2-6-12-10(5-1)11-14-17-20(15-11)8-4-3-7-19-9-13-16-18-19/h1-2,5-6,9H,3-4,7-8H2. The van der Waals surface area contributed by atoms with Gasteiger partial charge in [0.15, 0.2) is 0 Å². The zero-order chi connectivity index (χ0) is 13.6. The maximum absolute atomic E-state index is 4.30. The molecule has 3 aromatic heterocycles. The lowest BCUT2D eigenvalue weighted by Gasteiger charge is -1.99. The maximum atomic E-state index is 4.30. The van der Waals surface area contributed by atoms with E-state index in [1.54, 1.807) is 22.0 Å². The first kappa shape index (κ1) is 12.3. The first-order valence-corrected chi connectivity index (χ1v) is 6.32. The second kappa shape index (κ2) is 5.95. The van der Waals surface area contributed by atoms with E-state index < -0.39 is 0 Å². The quantitative estimate of drug-likeness (QED) is 0.590. The van der Waals surface area contributed by atoms with Crippen molar-refractivity contribution in [2.75, 3.05) is 0 Å². The highest BCUT2D eigenvalue weighted by Crippen LogP contribution is 2.08. The van der Waals surface area contributed by atoms with Gasteiger partial charge in [-0.25, -0.2) is 4.68 Å². The Hall–Kier alpha value is -2.71. The third-order valence-electron chi connectivity index (χ3n) is 2.73. The van der Waals surface area contributed by atoms with Gasteiger partial charge in [-0.05, 0) is 40.6 Å². The maximum Gasteiger partial charge on any atom is 0.223 e. The SMILES string of the molecule is c1ccc(-c2nnn(CCCCn3cnnn3)n2)nc1. The fourth-order valence-electron chi connectivity index (χ4n) is 1.75. The summed E-state index contributed by atoms with van der Waals surface area (Å²) < 4.78 is 1.70. The van der Waals surface area contributed by atoms with Crippen LogP contribution in [-0.2, 0) is 13.1 Å². The summed E-state index contributed by atoms with van der Waals surface area (Å²) in [5.41, 5.74) is 0.729. The number of rotatable bonds is 6. The molecule has 0 aromatic carbocycles. The number of hydrogen-bond donors (Lipinski definition) is 0.